The number of nitrogens with one attached hydrogen (secondary N) is 2. The van der Waals surface area contributed by atoms with Crippen molar-refractivity contribution in [3.63, 3.8) is 0 Å². The van der Waals surface area contributed by atoms with E-state index >= 15 is 0 Å². The van der Waals surface area contributed by atoms with E-state index in [1.165, 1.54) is 12.1 Å². The largest absolute Gasteiger partial charge is 0.334 e. The normalized spacial score (nSPS) is 19.3. The van der Waals surface area contributed by atoms with Gasteiger partial charge in [-0.15, -0.1) is 10.1 Å². The van der Waals surface area contributed by atoms with Gasteiger partial charge >= 0.3 is 5.91 Å². The molecule has 156 valence electrons. The van der Waals surface area contributed by atoms with Gasteiger partial charge in [0, 0.05) is 21.7 Å². The van der Waals surface area contributed by atoms with Gasteiger partial charge in [0.2, 0.25) is 12.3 Å². The Labute approximate surface area is 184 Å². The quantitative estimate of drug-likeness (QED) is 0.611. The third-order valence-corrected chi connectivity index (χ3v) is 5.33. The molecule has 4 rings (SSSR count). The number of halogens is 2. The van der Waals surface area contributed by atoms with E-state index in [2.05, 4.69) is 10.7 Å². The average molecular weight is 437 g/mol. The number of hydrazone groups is 1. The molecule has 1 fully saturated rings. The van der Waals surface area contributed by atoms with E-state index in [0.717, 1.165) is 11.1 Å². The van der Waals surface area contributed by atoms with E-state index in [0.29, 0.717) is 16.1 Å². The van der Waals surface area contributed by atoms with Crippen molar-refractivity contribution in [1.29, 1.82) is 0 Å². The Kier molecular flexibility index (Phi) is 5.82. The number of rotatable bonds is 4. The number of amides is 2. The highest BCUT2D eigenvalue weighted by Gasteiger charge is 2.47. The summed E-state index contributed by atoms with van der Waals surface area (Å²) in [6.07, 6.45) is 1.70. The molecule has 2 atom stereocenters. The Bertz CT molecular complexity index is 1160. The zero-order chi connectivity index (χ0) is 22.0. The molecule has 0 bridgehead atoms. The van der Waals surface area contributed by atoms with Crippen LogP contribution in [0.5, 0.6) is 0 Å². The fourth-order valence-electron chi connectivity index (χ4n) is 3.56. The van der Waals surface area contributed by atoms with E-state index in [9.17, 15) is 14.0 Å². The van der Waals surface area contributed by atoms with Crippen molar-refractivity contribution < 1.29 is 18.7 Å². The van der Waals surface area contributed by atoms with Gasteiger partial charge in [-0.1, -0.05) is 41.4 Å². The molecule has 1 saturated heterocycles. The van der Waals surface area contributed by atoms with Crippen molar-refractivity contribution in [2.45, 2.75) is 19.0 Å². The predicted octanol–water partition coefficient (Wildman–Crippen LogP) is 3.80. The van der Waals surface area contributed by atoms with Gasteiger partial charge in [-0.25, -0.2) is 4.39 Å². The maximum Gasteiger partial charge on any atom is 0.304 e. The standard InChI is InChI=1S/C24H19ClFN3O2/c1-15-3-2-4-18(13-15)23(30)27-21-22(17-7-9-19(25)10-8-17)29(28-24(21)31)14-16-5-11-20(26)12-6-16/h2-14,21-22H,1H3,(H-,27,28,30,31)/p+1/b29-14-/t21-,22+/m0/s1. The molecule has 1 heterocycles. The Balaban J connectivity index is 1.70. The molecule has 2 amide bonds. The lowest BCUT2D eigenvalue weighted by atomic mass is 9.99. The maximum absolute atomic E-state index is 13.3. The number of aryl methyl sites for hydroxylation is 1. The fraction of sp³-hybridized carbons (Fsp3) is 0.125. The SMILES string of the molecule is Cc1cccc(C(=O)N[C@@H]2C(=O)N/[N+](=C\c3ccc(F)cc3)[C@@H]2c2ccc(Cl)cc2)c1. The van der Waals surface area contributed by atoms with Crippen LogP contribution in [-0.4, -0.2) is 28.8 Å². The van der Waals surface area contributed by atoms with Gasteiger partial charge in [0.05, 0.1) is 0 Å². The summed E-state index contributed by atoms with van der Waals surface area (Å²) >= 11 is 6.03. The maximum atomic E-state index is 13.3. The second-order valence-corrected chi connectivity index (χ2v) is 7.82. The topological polar surface area (TPSA) is 61.2 Å². The summed E-state index contributed by atoms with van der Waals surface area (Å²) in [5, 5.41) is 3.42. The van der Waals surface area contributed by atoms with Crippen LogP contribution in [0, 0.1) is 12.7 Å². The Morgan fingerprint density at radius 3 is 2.48 bits per heavy atom. The van der Waals surface area contributed by atoms with E-state index < -0.39 is 12.1 Å². The molecule has 0 saturated carbocycles. The third-order valence-electron chi connectivity index (χ3n) is 5.07. The number of hydrogen-bond acceptors (Lipinski definition) is 2. The molecule has 7 heteroatoms. The molecular weight excluding hydrogens is 417 g/mol. The molecule has 1 aliphatic heterocycles. The van der Waals surface area contributed by atoms with E-state index in [1.54, 1.807) is 53.4 Å². The van der Waals surface area contributed by atoms with Crippen LogP contribution in [0.1, 0.15) is 33.1 Å². The number of benzene rings is 3. The van der Waals surface area contributed by atoms with Gasteiger partial charge in [-0.05, 0) is 55.5 Å². The summed E-state index contributed by atoms with van der Waals surface area (Å²) in [4.78, 5) is 25.7. The minimum absolute atomic E-state index is 0.341. The summed E-state index contributed by atoms with van der Waals surface area (Å²) in [5.41, 5.74) is 5.71. The molecule has 0 spiro atoms. The first-order chi connectivity index (χ1) is 14.9. The van der Waals surface area contributed by atoms with Crippen molar-refractivity contribution >= 4 is 29.6 Å². The molecule has 2 N–H and O–H groups in total. The highest BCUT2D eigenvalue weighted by atomic mass is 35.5. The van der Waals surface area contributed by atoms with Crippen molar-refractivity contribution in [2.75, 3.05) is 0 Å². The summed E-state index contributed by atoms with van der Waals surface area (Å²) in [5.74, 6) is -1.04. The third kappa shape index (κ3) is 4.64. The molecule has 1 aliphatic rings. The van der Waals surface area contributed by atoms with Crippen LogP contribution in [0.25, 0.3) is 0 Å². The lowest BCUT2D eigenvalue weighted by molar-refractivity contribution is -0.596. The number of hydrogen-bond donors (Lipinski definition) is 2. The Morgan fingerprint density at radius 1 is 1.10 bits per heavy atom. The second kappa shape index (κ2) is 8.70. The summed E-state index contributed by atoms with van der Waals surface area (Å²) < 4.78 is 14.9. The smallest absolute Gasteiger partial charge is 0.304 e. The number of carbonyl (C=O) groups is 2. The fourth-order valence-corrected chi connectivity index (χ4v) is 3.69. The number of carbonyl (C=O) groups excluding carboxylic acids is 2. The highest BCUT2D eigenvalue weighted by Crippen LogP contribution is 2.27. The molecule has 0 aromatic heterocycles. The first-order valence-corrected chi connectivity index (χ1v) is 10.1. The zero-order valence-electron chi connectivity index (χ0n) is 16.7. The molecule has 0 radical (unpaired) electrons. The monoisotopic (exact) mass is 436 g/mol. The van der Waals surface area contributed by atoms with E-state index in [1.807, 2.05) is 25.1 Å². The van der Waals surface area contributed by atoms with Crippen LogP contribution in [-0.2, 0) is 4.79 Å². The molecule has 3 aromatic rings. The first kappa shape index (κ1) is 20.8. The minimum Gasteiger partial charge on any atom is -0.334 e. The summed E-state index contributed by atoms with van der Waals surface area (Å²) in [6.45, 7) is 1.90. The van der Waals surface area contributed by atoms with Gasteiger partial charge < -0.3 is 5.32 Å². The van der Waals surface area contributed by atoms with E-state index in [-0.39, 0.29) is 17.6 Å². The van der Waals surface area contributed by atoms with Gasteiger partial charge in [0.1, 0.15) is 5.82 Å². The molecule has 31 heavy (non-hydrogen) atoms. The Hall–Kier alpha value is -3.51. The highest BCUT2D eigenvalue weighted by molar-refractivity contribution is 6.30. The van der Waals surface area contributed by atoms with Crippen molar-refractivity contribution in [3.8, 4) is 0 Å². The molecule has 0 aliphatic carbocycles. The second-order valence-electron chi connectivity index (χ2n) is 7.38. The minimum atomic E-state index is -0.842. The molecule has 0 unspecified atom stereocenters. The number of hydrazine groups is 1. The zero-order valence-corrected chi connectivity index (χ0v) is 17.4. The number of nitrogens with zero attached hydrogens (tertiary/aromatic N) is 1. The summed E-state index contributed by atoms with van der Waals surface area (Å²) in [7, 11) is 0. The van der Waals surface area contributed by atoms with Crippen LogP contribution in [0.15, 0.2) is 72.8 Å². The van der Waals surface area contributed by atoms with Crippen LogP contribution in [0.3, 0.4) is 0 Å². The first-order valence-electron chi connectivity index (χ1n) is 9.73. The lowest BCUT2D eigenvalue weighted by Gasteiger charge is -2.15. The van der Waals surface area contributed by atoms with Gasteiger partial charge in [0.15, 0.2) is 6.04 Å². The van der Waals surface area contributed by atoms with Crippen LogP contribution in [0.2, 0.25) is 5.02 Å². The average Bonchev–Trinajstić information content (AvgIpc) is 3.05. The van der Waals surface area contributed by atoms with Crippen molar-refractivity contribution in [2.24, 2.45) is 0 Å². The molecular formula is C24H20ClFN3O2+. The summed E-state index contributed by atoms with van der Waals surface area (Å²) in [6, 6.07) is 18.8. The molecule has 3 aromatic carbocycles. The Morgan fingerprint density at radius 2 is 1.81 bits per heavy atom. The van der Waals surface area contributed by atoms with E-state index in [4.69, 9.17) is 11.6 Å². The van der Waals surface area contributed by atoms with Gasteiger partial charge in [-0.3, -0.25) is 9.59 Å². The van der Waals surface area contributed by atoms with Crippen molar-refractivity contribution in [3.05, 3.63) is 106 Å². The van der Waals surface area contributed by atoms with Crippen LogP contribution in [0.4, 0.5) is 4.39 Å². The lowest BCUT2D eigenvalue weighted by Crippen LogP contribution is -2.42. The molecule has 5 nitrogen and oxygen atoms in total. The van der Waals surface area contributed by atoms with Crippen molar-refractivity contribution in [1.82, 2.24) is 10.7 Å². The van der Waals surface area contributed by atoms with Gasteiger partial charge in [-0.2, -0.15) is 0 Å². The van der Waals surface area contributed by atoms with Crippen LogP contribution >= 0.6 is 11.6 Å². The van der Waals surface area contributed by atoms with Crippen LogP contribution < -0.4 is 10.7 Å². The van der Waals surface area contributed by atoms with Gasteiger partial charge in [0.25, 0.3) is 5.91 Å². The predicted molar refractivity (Wildman–Crippen MR) is 117 cm³/mol.